The average molecular weight is 245 g/mol. The fraction of sp³-hybridized carbons (Fsp3) is 0.429. The zero-order chi connectivity index (χ0) is 12.8. The smallest absolute Gasteiger partial charge is 0.156 e. The third kappa shape index (κ3) is 3.17. The fourth-order valence-corrected chi connectivity index (χ4v) is 1.94. The number of aromatic nitrogens is 3. The molecule has 1 unspecified atom stereocenters. The zero-order valence-corrected chi connectivity index (χ0v) is 10.7. The minimum atomic E-state index is -0.517. The number of hydrogen-bond acceptors (Lipinski definition) is 3. The summed E-state index contributed by atoms with van der Waals surface area (Å²) in [5.74, 6) is 0.660. The molecule has 0 bridgehead atoms. The molecule has 0 saturated heterocycles. The van der Waals surface area contributed by atoms with Gasteiger partial charge in [0, 0.05) is 0 Å². The largest absolute Gasteiger partial charge is 0.385 e. The lowest BCUT2D eigenvalue weighted by Crippen LogP contribution is -2.11. The van der Waals surface area contributed by atoms with E-state index >= 15 is 0 Å². The van der Waals surface area contributed by atoms with Gasteiger partial charge >= 0.3 is 0 Å². The minimum Gasteiger partial charge on any atom is -0.385 e. The van der Waals surface area contributed by atoms with Crippen LogP contribution < -0.4 is 0 Å². The molecule has 1 N–H and O–H groups in total. The monoisotopic (exact) mass is 245 g/mol. The first-order chi connectivity index (χ1) is 8.81. The third-order valence-electron chi connectivity index (χ3n) is 2.95. The van der Waals surface area contributed by atoms with Gasteiger partial charge < -0.3 is 5.11 Å². The van der Waals surface area contributed by atoms with Crippen LogP contribution in [0.15, 0.2) is 36.7 Å². The summed E-state index contributed by atoms with van der Waals surface area (Å²) in [5, 5.41) is 14.3. The lowest BCUT2D eigenvalue weighted by Gasteiger charge is -2.11. The van der Waals surface area contributed by atoms with Gasteiger partial charge in [-0.25, -0.2) is 9.67 Å². The van der Waals surface area contributed by atoms with E-state index in [0.717, 1.165) is 24.8 Å². The number of aliphatic hydroxyl groups is 1. The summed E-state index contributed by atoms with van der Waals surface area (Å²) in [7, 11) is 0. The zero-order valence-electron chi connectivity index (χ0n) is 10.7. The molecule has 4 heteroatoms. The molecule has 4 nitrogen and oxygen atoms in total. The van der Waals surface area contributed by atoms with Gasteiger partial charge in [0.1, 0.15) is 12.4 Å². The topological polar surface area (TPSA) is 50.9 Å². The van der Waals surface area contributed by atoms with Crippen LogP contribution in [-0.4, -0.2) is 19.9 Å². The van der Waals surface area contributed by atoms with Crippen LogP contribution in [0.1, 0.15) is 43.7 Å². The maximum atomic E-state index is 10.1. The van der Waals surface area contributed by atoms with Gasteiger partial charge in [-0.2, -0.15) is 5.10 Å². The summed E-state index contributed by atoms with van der Waals surface area (Å²) in [6.07, 6.45) is 3.80. The second-order valence-corrected chi connectivity index (χ2v) is 4.42. The fourth-order valence-electron chi connectivity index (χ4n) is 1.94. The lowest BCUT2D eigenvalue weighted by molar-refractivity contribution is 0.149. The molecule has 1 heterocycles. The molecule has 1 atom stereocenters. The van der Waals surface area contributed by atoms with Crippen LogP contribution in [0, 0.1) is 0 Å². The van der Waals surface area contributed by atoms with Crippen molar-refractivity contribution in [3.05, 3.63) is 48.0 Å². The van der Waals surface area contributed by atoms with E-state index in [4.69, 9.17) is 0 Å². The lowest BCUT2D eigenvalue weighted by atomic mass is 10.1. The molecule has 18 heavy (non-hydrogen) atoms. The molecular formula is C14H19N3O. The highest BCUT2D eigenvalue weighted by atomic mass is 16.3. The molecule has 2 rings (SSSR count). The standard InChI is InChI=1S/C14H19N3O/c1-2-3-9-13(18)14-15-11-16-17(14)10-12-7-5-4-6-8-12/h4-8,11,13,18H,2-3,9-10H2,1H3. The first kappa shape index (κ1) is 12.8. The molecule has 0 amide bonds. The molecule has 0 aliphatic carbocycles. The van der Waals surface area contributed by atoms with Crippen molar-refractivity contribution in [1.82, 2.24) is 14.8 Å². The summed E-state index contributed by atoms with van der Waals surface area (Å²) in [6, 6.07) is 10.1. The molecule has 1 aromatic heterocycles. The number of unbranched alkanes of at least 4 members (excludes halogenated alkanes) is 1. The Labute approximate surface area is 107 Å². The quantitative estimate of drug-likeness (QED) is 0.851. The molecule has 96 valence electrons. The molecule has 0 saturated carbocycles. The highest BCUT2D eigenvalue weighted by Crippen LogP contribution is 2.17. The Balaban J connectivity index is 2.08. The van der Waals surface area contributed by atoms with Crippen molar-refractivity contribution < 1.29 is 5.11 Å². The van der Waals surface area contributed by atoms with Gasteiger partial charge in [0.25, 0.3) is 0 Å². The maximum absolute atomic E-state index is 10.1. The van der Waals surface area contributed by atoms with Crippen LogP contribution in [0.3, 0.4) is 0 Å². The summed E-state index contributed by atoms with van der Waals surface area (Å²) in [6.45, 7) is 2.76. The van der Waals surface area contributed by atoms with Crippen molar-refractivity contribution in [2.45, 2.75) is 38.8 Å². The van der Waals surface area contributed by atoms with Gasteiger partial charge in [0.05, 0.1) is 6.54 Å². The molecule has 0 aliphatic rings. The second-order valence-electron chi connectivity index (χ2n) is 4.42. The number of benzene rings is 1. The normalized spacial score (nSPS) is 12.6. The van der Waals surface area contributed by atoms with E-state index in [1.807, 2.05) is 30.3 Å². The van der Waals surface area contributed by atoms with Crippen LogP contribution in [0.25, 0.3) is 0 Å². The molecule has 0 radical (unpaired) electrons. The minimum absolute atomic E-state index is 0.517. The Kier molecular flexibility index (Phi) is 4.47. The Morgan fingerprint density at radius 1 is 1.28 bits per heavy atom. The van der Waals surface area contributed by atoms with E-state index < -0.39 is 6.10 Å². The Hall–Kier alpha value is -1.68. The molecule has 0 aliphatic heterocycles. The first-order valence-electron chi connectivity index (χ1n) is 6.41. The van der Waals surface area contributed by atoms with Gasteiger partial charge in [0.2, 0.25) is 0 Å². The van der Waals surface area contributed by atoms with Crippen molar-refractivity contribution in [1.29, 1.82) is 0 Å². The van der Waals surface area contributed by atoms with Crippen LogP contribution in [-0.2, 0) is 6.54 Å². The van der Waals surface area contributed by atoms with Gasteiger partial charge in [-0.1, -0.05) is 50.1 Å². The predicted octanol–water partition coefficient (Wildman–Crippen LogP) is 2.55. The van der Waals surface area contributed by atoms with E-state index in [2.05, 4.69) is 17.0 Å². The molecular weight excluding hydrogens is 226 g/mol. The SMILES string of the molecule is CCCCC(O)c1ncnn1Cc1ccccc1. The van der Waals surface area contributed by atoms with Crippen molar-refractivity contribution in [2.24, 2.45) is 0 Å². The van der Waals surface area contributed by atoms with Gasteiger partial charge in [-0.15, -0.1) is 0 Å². The van der Waals surface area contributed by atoms with Crippen molar-refractivity contribution in [3.8, 4) is 0 Å². The van der Waals surface area contributed by atoms with E-state index in [1.165, 1.54) is 6.33 Å². The van der Waals surface area contributed by atoms with Gasteiger partial charge in [-0.3, -0.25) is 0 Å². The number of aliphatic hydroxyl groups excluding tert-OH is 1. The molecule has 1 aromatic carbocycles. The average Bonchev–Trinajstić information content (AvgIpc) is 2.85. The molecule has 2 aromatic rings. The van der Waals surface area contributed by atoms with E-state index in [-0.39, 0.29) is 0 Å². The number of nitrogens with zero attached hydrogens (tertiary/aromatic N) is 3. The first-order valence-corrected chi connectivity index (χ1v) is 6.41. The molecule has 0 fully saturated rings. The second kappa shape index (κ2) is 6.31. The van der Waals surface area contributed by atoms with Crippen LogP contribution in [0.5, 0.6) is 0 Å². The highest BCUT2D eigenvalue weighted by Gasteiger charge is 2.14. The van der Waals surface area contributed by atoms with Crippen molar-refractivity contribution >= 4 is 0 Å². The summed E-state index contributed by atoms with van der Waals surface area (Å²) in [5.41, 5.74) is 1.16. The Morgan fingerprint density at radius 3 is 2.78 bits per heavy atom. The Morgan fingerprint density at radius 2 is 2.06 bits per heavy atom. The summed E-state index contributed by atoms with van der Waals surface area (Å²) in [4.78, 5) is 4.17. The third-order valence-corrected chi connectivity index (χ3v) is 2.95. The van der Waals surface area contributed by atoms with Gasteiger partial charge in [0.15, 0.2) is 5.82 Å². The van der Waals surface area contributed by atoms with Crippen molar-refractivity contribution in [3.63, 3.8) is 0 Å². The van der Waals surface area contributed by atoms with E-state index in [0.29, 0.717) is 12.4 Å². The number of hydrogen-bond donors (Lipinski definition) is 1. The summed E-state index contributed by atoms with van der Waals surface area (Å²) >= 11 is 0. The maximum Gasteiger partial charge on any atom is 0.156 e. The number of rotatable bonds is 6. The van der Waals surface area contributed by atoms with Crippen molar-refractivity contribution in [2.75, 3.05) is 0 Å². The molecule has 0 spiro atoms. The van der Waals surface area contributed by atoms with E-state index in [9.17, 15) is 5.11 Å². The van der Waals surface area contributed by atoms with E-state index in [1.54, 1.807) is 4.68 Å². The van der Waals surface area contributed by atoms with Crippen LogP contribution >= 0.6 is 0 Å². The predicted molar refractivity (Wildman–Crippen MR) is 70.1 cm³/mol. The Bertz CT molecular complexity index is 467. The summed E-state index contributed by atoms with van der Waals surface area (Å²) < 4.78 is 1.77. The van der Waals surface area contributed by atoms with Crippen LogP contribution in [0.2, 0.25) is 0 Å². The van der Waals surface area contributed by atoms with Gasteiger partial charge in [-0.05, 0) is 12.0 Å². The van der Waals surface area contributed by atoms with Crippen LogP contribution in [0.4, 0.5) is 0 Å². The highest BCUT2D eigenvalue weighted by molar-refractivity contribution is 5.15.